The highest BCUT2D eigenvalue weighted by atomic mass is 19.1. The summed E-state index contributed by atoms with van der Waals surface area (Å²) >= 11 is 0. The molecular formula is C13H20FN. The van der Waals surface area contributed by atoms with Gasteiger partial charge in [-0.1, -0.05) is 26.0 Å². The van der Waals surface area contributed by atoms with E-state index in [9.17, 15) is 4.39 Å². The molecule has 0 amide bonds. The molecule has 0 saturated carbocycles. The Labute approximate surface area is 91.5 Å². The summed E-state index contributed by atoms with van der Waals surface area (Å²) in [5, 5.41) is 0. The van der Waals surface area contributed by atoms with E-state index >= 15 is 0 Å². The Kier molecular flexibility index (Phi) is 4.28. The second kappa shape index (κ2) is 5.26. The van der Waals surface area contributed by atoms with Gasteiger partial charge in [0.25, 0.3) is 0 Å². The molecule has 0 aliphatic heterocycles. The summed E-state index contributed by atoms with van der Waals surface area (Å²) in [6.45, 7) is 6.14. The Hall–Kier alpha value is -0.890. The van der Waals surface area contributed by atoms with Gasteiger partial charge >= 0.3 is 0 Å². The SMILES string of the molecule is Cc1cc([C@@H](N)CCC(C)C)ccc1F. The number of halogens is 1. The molecule has 0 radical (unpaired) electrons. The molecule has 1 aromatic rings. The summed E-state index contributed by atoms with van der Waals surface area (Å²) < 4.78 is 13.0. The molecule has 1 nitrogen and oxygen atoms in total. The lowest BCUT2D eigenvalue weighted by molar-refractivity contribution is 0.506. The molecule has 84 valence electrons. The third-order valence-corrected chi connectivity index (χ3v) is 2.67. The van der Waals surface area contributed by atoms with E-state index in [1.165, 1.54) is 6.07 Å². The van der Waals surface area contributed by atoms with E-state index in [0.29, 0.717) is 11.5 Å². The zero-order chi connectivity index (χ0) is 11.4. The van der Waals surface area contributed by atoms with Gasteiger partial charge in [-0.05, 0) is 42.9 Å². The zero-order valence-corrected chi connectivity index (χ0v) is 9.76. The van der Waals surface area contributed by atoms with Crippen molar-refractivity contribution in [2.75, 3.05) is 0 Å². The molecule has 1 rings (SSSR count). The van der Waals surface area contributed by atoms with Gasteiger partial charge in [0.2, 0.25) is 0 Å². The van der Waals surface area contributed by atoms with Crippen molar-refractivity contribution in [1.82, 2.24) is 0 Å². The fourth-order valence-electron chi connectivity index (χ4n) is 1.58. The molecule has 15 heavy (non-hydrogen) atoms. The minimum Gasteiger partial charge on any atom is -0.324 e. The van der Waals surface area contributed by atoms with Crippen LogP contribution in [0, 0.1) is 18.7 Å². The first-order valence-corrected chi connectivity index (χ1v) is 5.52. The smallest absolute Gasteiger partial charge is 0.126 e. The first-order valence-electron chi connectivity index (χ1n) is 5.52. The van der Waals surface area contributed by atoms with Gasteiger partial charge < -0.3 is 5.73 Å². The number of hydrogen-bond acceptors (Lipinski definition) is 1. The third kappa shape index (κ3) is 3.63. The van der Waals surface area contributed by atoms with Gasteiger partial charge in [-0.3, -0.25) is 0 Å². The zero-order valence-electron chi connectivity index (χ0n) is 9.76. The summed E-state index contributed by atoms with van der Waals surface area (Å²) in [6.07, 6.45) is 2.07. The molecule has 0 aliphatic rings. The van der Waals surface area contributed by atoms with Crippen LogP contribution in [0.25, 0.3) is 0 Å². The normalized spacial score (nSPS) is 13.2. The molecule has 1 aromatic carbocycles. The van der Waals surface area contributed by atoms with Gasteiger partial charge in [0.05, 0.1) is 0 Å². The fraction of sp³-hybridized carbons (Fsp3) is 0.538. The van der Waals surface area contributed by atoms with Gasteiger partial charge in [0.1, 0.15) is 5.82 Å². The minimum atomic E-state index is -0.158. The lowest BCUT2D eigenvalue weighted by Crippen LogP contribution is -2.11. The van der Waals surface area contributed by atoms with Crippen LogP contribution in [0.5, 0.6) is 0 Å². The van der Waals surface area contributed by atoms with Crippen molar-refractivity contribution in [2.24, 2.45) is 11.7 Å². The highest BCUT2D eigenvalue weighted by Gasteiger charge is 2.08. The van der Waals surface area contributed by atoms with Crippen LogP contribution in [0.15, 0.2) is 18.2 Å². The Bertz CT molecular complexity index is 320. The van der Waals surface area contributed by atoms with Crippen molar-refractivity contribution in [3.8, 4) is 0 Å². The maximum Gasteiger partial charge on any atom is 0.126 e. The van der Waals surface area contributed by atoms with Crippen LogP contribution in [0.3, 0.4) is 0 Å². The maximum atomic E-state index is 13.0. The van der Waals surface area contributed by atoms with Crippen molar-refractivity contribution >= 4 is 0 Å². The van der Waals surface area contributed by atoms with Crippen LogP contribution in [0.4, 0.5) is 4.39 Å². The minimum absolute atomic E-state index is 0.0340. The molecule has 0 heterocycles. The first kappa shape index (κ1) is 12.2. The first-order chi connectivity index (χ1) is 7.00. The quantitative estimate of drug-likeness (QED) is 0.806. The third-order valence-electron chi connectivity index (χ3n) is 2.67. The Morgan fingerprint density at radius 2 is 1.93 bits per heavy atom. The van der Waals surface area contributed by atoms with E-state index in [1.54, 1.807) is 13.0 Å². The topological polar surface area (TPSA) is 26.0 Å². The highest BCUT2D eigenvalue weighted by Crippen LogP contribution is 2.20. The number of rotatable bonds is 4. The average molecular weight is 209 g/mol. The largest absolute Gasteiger partial charge is 0.324 e. The molecule has 0 bridgehead atoms. The van der Waals surface area contributed by atoms with Gasteiger partial charge in [-0.25, -0.2) is 4.39 Å². The molecule has 0 aromatic heterocycles. The lowest BCUT2D eigenvalue weighted by atomic mass is 9.97. The highest BCUT2D eigenvalue weighted by molar-refractivity contribution is 5.26. The maximum absolute atomic E-state index is 13.0. The summed E-state index contributed by atoms with van der Waals surface area (Å²) in [7, 11) is 0. The standard InChI is InChI=1S/C13H20FN/c1-9(2)4-7-13(15)11-5-6-12(14)10(3)8-11/h5-6,8-9,13H,4,7,15H2,1-3H3/t13-/m0/s1. The van der Waals surface area contributed by atoms with E-state index in [4.69, 9.17) is 5.73 Å². The monoisotopic (exact) mass is 209 g/mol. The van der Waals surface area contributed by atoms with Crippen LogP contribution in [0.1, 0.15) is 43.9 Å². The molecule has 0 aliphatic carbocycles. The van der Waals surface area contributed by atoms with E-state index in [-0.39, 0.29) is 11.9 Å². The lowest BCUT2D eigenvalue weighted by Gasteiger charge is -2.14. The van der Waals surface area contributed by atoms with E-state index in [2.05, 4.69) is 13.8 Å². The second-order valence-corrected chi connectivity index (χ2v) is 4.59. The number of hydrogen-bond donors (Lipinski definition) is 1. The molecule has 0 unspecified atom stereocenters. The van der Waals surface area contributed by atoms with Crippen LogP contribution in [-0.2, 0) is 0 Å². The van der Waals surface area contributed by atoms with Crippen molar-refractivity contribution < 1.29 is 4.39 Å². The Morgan fingerprint density at radius 3 is 2.47 bits per heavy atom. The fourth-order valence-corrected chi connectivity index (χ4v) is 1.58. The predicted octanol–water partition coefficient (Wildman–Crippen LogP) is 3.57. The number of nitrogens with two attached hydrogens (primary N) is 1. The van der Waals surface area contributed by atoms with Crippen molar-refractivity contribution in [3.63, 3.8) is 0 Å². The summed E-state index contributed by atoms with van der Waals surface area (Å²) in [5.41, 5.74) is 7.75. The second-order valence-electron chi connectivity index (χ2n) is 4.59. The molecule has 1 atom stereocenters. The number of aryl methyl sites for hydroxylation is 1. The van der Waals surface area contributed by atoms with Crippen LogP contribution >= 0.6 is 0 Å². The molecular weight excluding hydrogens is 189 g/mol. The van der Waals surface area contributed by atoms with Crippen LogP contribution in [-0.4, -0.2) is 0 Å². The Balaban J connectivity index is 2.65. The van der Waals surface area contributed by atoms with Crippen LogP contribution in [0.2, 0.25) is 0 Å². The molecule has 0 saturated heterocycles. The van der Waals surface area contributed by atoms with Gasteiger partial charge in [0.15, 0.2) is 0 Å². The van der Waals surface area contributed by atoms with Crippen LogP contribution < -0.4 is 5.73 Å². The predicted molar refractivity (Wildman–Crippen MR) is 62.1 cm³/mol. The van der Waals surface area contributed by atoms with E-state index < -0.39 is 0 Å². The van der Waals surface area contributed by atoms with E-state index in [1.807, 2.05) is 6.07 Å². The van der Waals surface area contributed by atoms with Crippen molar-refractivity contribution in [2.45, 2.75) is 39.7 Å². The van der Waals surface area contributed by atoms with Gasteiger partial charge in [0, 0.05) is 6.04 Å². The number of benzene rings is 1. The Morgan fingerprint density at radius 1 is 1.27 bits per heavy atom. The summed E-state index contributed by atoms with van der Waals surface area (Å²) in [5.74, 6) is 0.507. The average Bonchev–Trinajstić information content (AvgIpc) is 2.18. The van der Waals surface area contributed by atoms with Gasteiger partial charge in [-0.15, -0.1) is 0 Å². The molecule has 2 N–H and O–H groups in total. The summed E-state index contributed by atoms with van der Waals surface area (Å²) in [6, 6.07) is 5.17. The van der Waals surface area contributed by atoms with Crippen molar-refractivity contribution in [3.05, 3.63) is 35.1 Å². The summed E-state index contributed by atoms with van der Waals surface area (Å²) in [4.78, 5) is 0. The molecule has 0 spiro atoms. The van der Waals surface area contributed by atoms with Gasteiger partial charge in [-0.2, -0.15) is 0 Å². The van der Waals surface area contributed by atoms with Crippen molar-refractivity contribution in [1.29, 1.82) is 0 Å². The van der Waals surface area contributed by atoms with E-state index in [0.717, 1.165) is 18.4 Å². The molecule has 2 heteroatoms. The molecule has 0 fully saturated rings.